The lowest BCUT2D eigenvalue weighted by Gasteiger charge is -2.47. The fourth-order valence-corrected chi connectivity index (χ4v) is 5.47. The van der Waals surface area contributed by atoms with Crippen LogP contribution in [-0.4, -0.2) is 35.5 Å². The second-order valence-corrected chi connectivity index (χ2v) is 10.8. The molecule has 4 atom stereocenters. The van der Waals surface area contributed by atoms with Crippen molar-refractivity contribution < 1.29 is 19.1 Å². The van der Waals surface area contributed by atoms with Crippen molar-refractivity contribution >= 4 is 35.1 Å². The molecule has 1 saturated heterocycles. The van der Waals surface area contributed by atoms with Crippen molar-refractivity contribution in [1.82, 2.24) is 4.90 Å². The third-order valence-corrected chi connectivity index (χ3v) is 7.74. The molecular weight excluding hydrogens is 535 g/mol. The van der Waals surface area contributed by atoms with Crippen LogP contribution in [0.4, 0.5) is 0 Å². The molecule has 2 aliphatic rings. The monoisotopic (exact) mass is 562 g/mol. The first-order valence-corrected chi connectivity index (χ1v) is 13.8. The highest BCUT2D eigenvalue weighted by molar-refractivity contribution is 6.30. The summed E-state index contributed by atoms with van der Waals surface area (Å²) in [4.78, 5) is 29.4. The normalized spacial score (nSPS) is 21.7. The van der Waals surface area contributed by atoms with Crippen LogP contribution in [0.25, 0.3) is 0 Å². The molecule has 3 aromatic rings. The molecule has 1 heterocycles. The third-order valence-electron chi connectivity index (χ3n) is 7.24. The van der Waals surface area contributed by atoms with Gasteiger partial charge >= 0.3 is 5.97 Å². The molecule has 0 bridgehead atoms. The van der Waals surface area contributed by atoms with E-state index in [0.29, 0.717) is 22.0 Å². The number of nitriles is 1. The first kappa shape index (κ1) is 27.2. The molecule has 2 fully saturated rings. The van der Waals surface area contributed by atoms with Crippen molar-refractivity contribution in [3.63, 3.8) is 0 Å². The molecule has 0 spiro atoms. The van der Waals surface area contributed by atoms with Gasteiger partial charge in [0.05, 0.1) is 24.3 Å². The van der Waals surface area contributed by atoms with Gasteiger partial charge in [-0.05, 0) is 78.8 Å². The Hall–Kier alpha value is -3.37. The summed E-state index contributed by atoms with van der Waals surface area (Å²) in [6, 6.07) is 22.5. The van der Waals surface area contributed by atoms with Crippen LogP contribution in [0.3, 0.4) is 0 Å². The highest BCUT2D eigenvalue weighted by atomic mass is 35.5. The van der Waals surface area contributed by atoms with Crippen molar-refractivity contribution in [2.75, 3.05) is 6.61 Å². The van der Waals surface area contributed by atoms with Crippen LogP contribution in [0, 0.1) is 17.2 Å². The Morgan fingerprint density at radius 3 is 2.13 bits per heavy atom. The predicted molar refractivity (Wildman–Crippen MR) is 148 cm³/mol. The van der Waals surface area contributed by atoms with Gasteiger partial charge in [0.25, 0.3) is 5.91 Å². The van der Waals surface area contributed by atoms with Gasteiger partial charge in [-0.25, -0.2) is 4.79 Å². The quantitative estimate of drug-likeness (QED) is 0.294. The van der Waals surface area contributed by atoms with Gasteiger partial charge in [-0.3, -0.25) is 4.79 Å². The number of nitrogens with zero attached hydrogens (tertiary/aromatic N) is 2. The van der Waals surface area contributed by atoms with E-state index in [-0.39, 0.29) is 18.4 Å². The number of esters is 1. The Morgan fingerprint density at radius 1 is 1.00 bits per heavy atom. The van der Waals surface area contributed by atoms with Crippen molar-refractivity contribution in [2.45, 2.75) is 50.5 Å². The Balaban J connectivity index is 1.62. The van der Waals surface area contributed by atoms with Gasteiger partial charge in [-0.2, -0.15) is 5.26 Å². The topological polar surface area (TPSA) is 79.6 Å². The van der Waals surface area contributed by atoms with Crippen LogP contribution in [0.1, 0.15) is 54.2 Å². The highest BCUT2D eigenvalue weighted by Gasteiger charge is 2.53. The van der Waals surface area contributed by atoms with Crippen LogP contribution >= 0.6 is 23.2 Å². The van der Waals surface area contributed by atoms with Gasteiger partial charge in [0.15, 0.2) is 0 Å². The maximum Gasteiger partial charge on any atom is 0.329 e. The molecule has 0 aromatic heterocycles. The fraction of sp³-hybridized carbons (Fsp3) is 0.323. The van der Waals surface area contributed by atoms with Crippen molar-refractivity contribution in [1.29, 1.82) is 5.26 Å². The molecule has 1 aliphatic heterocycles. The number of amides is 1. The number of rotatable bonds is 8. The van der Waals surface area contributed by atoms with Crippen LogP contribution in [-0.2, 0) is 25.5 Å². The number of halogens is 2. The number of hydrogen-bond donors (Lipinski definition) is 0. The van der Waals surface area contributed by atoms with E-state index in [4.69, 9.17) is 32.7 Å². The second kappa shape index (κ2) is 11.8. The molecule has 0 N–H and O–H groups in total. The molecule has 3 aromatic carbocycles. The largest absolute Gasteiger partial charge is 0.464 e. The molecule has 1 saturated carbocycles. The van der Waals surface area contributed by atoms with Crippen molar-refractivity contribution in [2.24, 2.45) is 5.92 Å². The lowest BCUT2D eigenvalue weighted by molar-refractivity contribution is -0.186. The first-order valence-electron chi connectivity index (χ1n) is 13.0. The summed E-state index contributed by atoms with van der Waals surface area (Å²) in [5, 5.41) is 10.3. The molecule has 0 radical (unpaired) electrons. The SMILES string of the molecule is CCOC(=O)C(C1CC1)N1C(=O)C(Cc2ccc(C#N)cc2)OC(c2ccc(Cl)cc2)C1c1ccc(Cl)cc1. The van der Waals surface area contributed by atoms with E-state index in [9.17, 15) is 14.9 Å². The minimum atomic E-state index is -0.849. The number of ether oxygens (including phenoxy) is 2. The Bertz CT molecular complexity index is 1370. The van der Waals surface area contributed by atoms with Gasteiger partial charge < -0.3 is 14.4 Å². The van der Waals surface area contributed by atoms with E-state index in [0.717, 1.165) is 29.5 Å². The molecule has 5 rings (SSSR count). The maximum atomic E-state index is 14.3. The number of carbonyl (C=O) groups is 2. The Morgan fingerprint density at radius 2 is 1.59 bits per heavy atom. The molecule has 39 heavy (non-hydrogen) atoms. The summed E-state index contributed by atoms with van der Waals surface area (Å²) in [6.07, 6.45) is 0.539. The predicted octanol–water partition coefficient (Wildman–Crippen LogP) is 6.46. The van der Waals surface area contributed by atoms with Crippen LogP contribution in [0.15, 0.2) is 72.8 Å². The Kier molecular flexibility index (Phi) is 8.23. The maximum absolute atomic E-state index is 14.3. The van der Waals surface area contributed by atoms with Gasteiger partial charge in [-0.1, -0.05) is 59.6 Å². The van der Waals surface area contributed by atoms with Crippen molar-refractivity contribution in [3.8, 4) is 6.07 Å². The van der Waals surface area contributed by atoms with Crippen LogP contribution < -0.4 is 0 Å². The van der Waals surface area contributed by atoms with Crippen molar-refractivity contribution in [3.05, 3.63) is 105 Å². The number of benzene rings is 3. The smallest absolute Gasteiger partial charge is 0.329 e. The van der Waals surface area contributed by atoms with Crippen LogP contribution in [0.5, 0.6) is 0 Å². The minimum absolute atomic E-state index is 0.0160. The molecule has 8 heteroatoms. The van der Waals surface area contributed by atoms with Gasteiger partial charge in [-0.15, -0.1) is 0 Å². The average Bonchev–Trinajstić information content (AvgIpc) is 3.78. The summed E-state index contributed by atoms with van der Waals surface area (Å²) in [6.45, 7) is 1.99. The standard InChI is InChI=1S/C31H28Cl2N2O4/c1-2-38-31(37)28(22-7-8-22)35-27(21-9-13-24(32)14-10-21)29(23-11-15-25(33)16-12-23)39-26(30(35)36)17-19-3-5-20(18-34)6-4-19/h3-6,9-16,22,26-29H,2,7-8,17H2,1H3. The van der Waals surface area contributed by atoms with Gasteiger partial charge in [0.2, 0.25) is 0 Å². The molecule has 1 amide bonds. The van der Waals surface area contributed by atoms with E-state index >= 15 is 0 Å². The summed E-state index contributed by atoms with van der Waals surface area (Å²) in [5.41, 5.74) is 3.03. The summed E-state index contributed by atoms with van der Waals surface area (Å²) in [5.74, 6) is -0.655. The van der Waals surface area contributed by atoms with E-state index in [1.807, 2.05) is 36.4 Å². The van der Waals surface area contributed by atoms with E-state index < -0.39 is 30.3 Å². The summed E-state index contributed by atoms with van der Waals surface area (Å²) in [7, 11) is 0. The minimum Gasteiger partial charge on any atom is -0.464 e. The van der Waals surface area contributed by atoms with E-state index in [2.05, 4.69) is 6.07 Å². The zero-order valence-corrected chi connectivity index (χ0v) is 22.9. The first-order chi connectivity index (χ1) is 18.9. The number of hydrogen-bond acceptors (Lipinski definition) is 5. The van der Waals surface area contributed by atoms with Gasteiger partial charge in [0, 0.05) is 16.5 Å². The summed E-state index contributed by atoms with van der Waals surface area (Å²) >= 11 is 12.4. The highest BCUT2D eigenvalue weighted by Crippen LogP contribution is 2.48. The summed E-state index contributed by atoms with van der Waals surface area (Å²) < 4.78 is 12.1. The lowest BCUT2D eigenvalue weighted by Crippen LogP contribution is -2.58. The fourth-order valence-electron chi connectivity index (χ4n) is 5.22. The second-order valence-electron chi connectivity index (χ2n) is 9.89. The van der Waals surface area contributed by atoms with E-state index in [1.165, 1.54) is 0 Å². The number of carbonyl (C=O) groups excluding carboxylic acids is 2. The molecular formula is C31H28Cl2N2O4. The molecule has 200 valence electrons. The molecule has 1 aliphatic carbocycles. The Labute approximate surface area is 238 Å². The van der Waals surface area contributed by atoms with Crippen LogP contribution in [0.2, 0.25) is 10.0 Å². The third kappa shape index (κ3) is 5.96. The lowest BCUT2D eigenvalue weighted by atomic mass is 9.88. The van der Waals surface area contributed by atoms with E-state index in [1.54, 1.807) is 48.2 Å². The average molecular weight is 563 g/mol. The molecule has 4 unspecified atom stereocenters. The number of morpholine rings is 1. The zero-order valence-electron chi connectivity index (χ0n) is 21.4. The zero-order chi connectivity index (χ0) is 27.5. The van der Waals surface area contributed by atoms with Gasteiger partial charge in [0.1, 0.15) is 18.2 Å². The molecule has 6 nitrogen and oxygen atoms in total.